The Balaban J connectivity index is 2.31. The predicted octanol–water partition coefficient (Wildman–Crippen LogP) is 2.30. The second kappa shape index (κ2) is 6.67. The van der Waals surface area contributed by atoms with Gasteiger partial charge in [0, 0.05) is 18.9 Å². The molecular formula is C14H15FN4O2. The lowest BCUT2D eigenvalue weighted by molar-refractivity contribution is 0.0963. The van der Waals surface area contributed by atoms with Crippen LogP contribution in [0.4, 0.5) is 21.6 Å². The summed E-state index contributed by atoms with van der Waals surface area (Å²) in [7, 11) is 2.98. The Labute approximate surface area is 121 Å². The Kier molecular flexibility index (Phi) is 4.68. The maximum Gasteiger partial charge on any atom is 0.252 e. The van der Waals surface area contributed by atoms with Gasteiger partial charge in [-0.15, -0.1) is 0 Å². The monoisotopic (exact) mass is 290 g/mol. The van der Waals surface area contributed by atoms with Crippen LogP contribution in [0.3, 0.4) is 0 Å². The number of pyridine rings is 1. The topological polar surface area (TPSA) is 75.3 Å². The van der Waals surface area contributed by atoms with Crippen molar-refractivity contribution >= 4 is 23.1 Å². The first kappa shape index (κ1) is 14.7. The highest BCUT2D eigenvalue weighted by Crippen LogP contribution is 2.24. The smallest absolute Gasteiger partial charge is 0.252 e. The first-order valence-electron chi connectivity index (χ1n) is 6.17. The minimum absolute atomic E-state index is 0.265. The van der Waals surface area contributed by atoms with Crippen molar-refractivity contribution in [3.8, 4) is 0 Å². The molecule has 110 valence electrons. The Morgan fingerprint density at radius 2 is 2.14 bits per heavy atom. The van der Waals surface area contributed by atoms with Crippen LogP contribution < -0.4 is 16.1 Å². The van der Waals surface area contributed by atoms with E-state index in [0.29, 0.717) is 22.8 Å². The van der Waals surface area contributed by atoms with Crippen LogP contribution in [0.25, 0.3) is 0 Å². The lowest BCUT2D eigenvalue weighted by Gasteiger charge is -2.13. The lowest BCUT2D eigenvalue weighted by atomic mass is 10.2. The van der Waals surface area contributed by atoms with Crippen molar-refractivity contribution in [2.45, 2.75) is 0 Å². The van der Waals surface area contributed by atoms with Crippen LogP contribution in [0.5, 0.6) is 0 Å². The van der Waals surface area contributed by atoms with E-state index in [1.807, 2.05) is 0 Å². The van der Waals surface area contributed by atoms with E-state index in [9.17, 15) is 9.18 Å². The molecule has 3 N–H and O–H groups in total. The molecule has 0 aliphatic heterocycles. The van der Waals surface area contributed by atoms with E-state index in [1.165, 1.54) is 32.5 Å². The van der Waals surface area contributed by atoms with Crippen LogP contribution in [0, 0.1) is 5.82 Å². The summed E-state index contributed by atoms with van der Waals surface area (Å²) < 4.78 is 13.2. The summed E-state index contributed by atoms with van der Waals surface area (Å²) in [6.07, 6.45) is 1.42. The second-order valence-electron chi connectivity index (χ2n) is 4.14. The molecule has 0 spiro atoms. The van der Waals surface area contributed by atoms with Crippen LogP contribution in [-0.4, -0.2) is 25.0 Å². The van der Waals surface area contributed by atoms with Gasteiger partial charge in [0.25, 0.3) is 5.91 Å². The van der Waals surface area contributed by atoms with E-state index in [1.54, 1.807) is 18.2 Å². The molecule has 1 heterocycles. The molecule has 0 saturated heterocycles. The molecule has 1 aromatic heterocycles. The van der Waals surface area contributed by atoms with Crippen molar-refractivity contribution in [2.75, 3.05) is 25.0 Å². The van der Waals surface area contributed by atoms with Crippen molar-refractivity contribution in [2.24, 2.45) is 0 Å². The van der Waals surface area contributed by atoms with Crippen LogP contribution in [0.15, 0.2) is 36.5 Å². The van der Waals surface area contributed by atoms with Crippen molar-refractivity contribution < 1.29 is 14.0 Å². The highest BCUT2D eigenvalue weighted by atomic mass is 19.1. The molecule has 21 heavy (non-hydrogen) atoms. The van der Waals surface area contributed by atoms with Crippen molar-refractivity contribution in [3.63, 3.8) is 0 Å². The SMILES string of the molecule is CNC(=O)c1cnc(Nc2cccc(F)c2)c(NOC)c1. The zero-order chi connectivity index (χ0) is 15.2. The minimum atomic E-state index is -0.358. The van der Waals surface area contributed by atoms with Crippen LogP contribution in [0.1, 0.15) is 10.4 Å². The second-order valence-corrected chi connectivity index (χ2v) is 4.14. The van der Waals surface area contributed by atoms with Gasteiger partial charge in [0.2, 0.25) is 0 Å². The normalized spacial score (nSPS) is 10.0. The number of hydrogen-bond donors (Lipinski definition) is 3. The van der Waals surface area contributed by atoms with E-state index < -0.39 is 0 Å². The number of aromatic nitrogens is 1. The highest BCUT2D eigenvalue weighted by Gasteiger charge is 2.10. The molecule has 0 aliphatic carbocycles. The summed E-state index contributed by atoms with van der Waals surface area (Å²) in [5.41, 5.74) is 4.01. The fourth-order valence-corrected chi connectivity index (χ4v) is 1.72. The van der Waals surface area contributed by atoms with Gasteiger partial charge in [-0.3, -0.25) is 15.1 Å². The Hall–Kier alpha value is -2.67. The number of carbonyl (C=O) groups is 1. The average molecular weight is 290 g/mol. The third-order valence-corrected chi connectivity index (χ3v) is 2.68. The Bertz CT molecular complexity index is 649. The van der Waals surface area contributed by atoms with Gasteiger partial charge in [-0.1, -0.05) is 6.07 Å². The van der Waals surface area contributed by atoms with Crippen molar-refractivity contribution in [1.29, 1.82) is 0 Å². The van der Waals surface area contributed by atoms with E-state index in [4.69, 9.17) is 4.84 Å². The van der Waals surface area contributed by atoms with Crippen LogP contribution in [-0.2, 0) is 4.84 Å². The first-order chi connectivity index (χ1) is 10.1. The van der Waals surface area contributed by atoms with Gasteiger partial charge >= 0.3 is 0 Å². The van der Waals surface area contributed by atoms with Crippen LogP contribution >= 0.6 is 0 Å². The molecule has 0 fully saturated rings. The quantitative estimate of drug-likeness (QED) is 0.737. The fraction of sp³-hybridized carbons (Fsp3) is 0.143. The number of anilines is 3. The van der Waals surface area contributed by atoms with E-state index in [-0.39, 0.29) is 11.7 Å². The molecule has 1 aromatic carbocycles. The summed E-state index contributed by atoms with van der Waals surface area (Å²) in [5, 5.41) is 5.47. The zero-order valence-corrected chi connectivity index (χ0v) is 11.6. The van der Waals surface area contributed by atoms with Gasteiger partial charge in [-0.25, -0.2) is 9.37 Å². The van der Waals surface area contributed by atoms with Gasteiger partial charge in [0.05, 0.1) is 12.7 Å². The third-order valence-electron chi connectivity index (χ3n) is 2.68. The van der Waals surface area contributed by atoms with E-state index in [0.717, 1.165) is 0 Å². The number of rotatable bonds is 5. The van der Waals surface area contributed by atoms with Gasteiger partial charge < -0.3 is 10.6 Å². The number of halogens is 1. The molecule has 0 atom stereocenters. The molecule has 7 heteroatoms. The molecule has 2 rings (SSSR count). The molecule has 0 saturated carbocycles. The molecule has 0 radical (unpaired) electrons. The minimum Gasteiger partial charge on any atom is -0.355 e. The molecular weight excluding hydrogens is 275 g/mol. The average Bonchev–Trinajstić information content (AvgIpc) is 2.48. The number of nitrogens with zero attached hydrogens (tertiary/aromatic N) is 1. The third kappa shape index (κ3) is 3.67. The number of hydrogen-bond acceptors (Lipinski definition) is 5. The highest BCUT2D eigenvalue weighted by molar-refractivity contribution is 5.95. The van der Waals surface area contributed by atoms with E-state index in [2.05, 4.69) is 21.1 Å². The summed E-state index contributed by atoms with van der Waals surface area (Å²) in [6, 6.07) is 7.55. The molecule has 6 nitrogen and oxygen atoms in total. The van der Waals surface area contributed by atoms with Crippen LogP contribution in [0.2, 0.25) is 0 Å². The summed E-state index contributed by atoms with van der Waals surface area (Å²) >= 11 is 0. The summed E-state index contributed by atoms with van der Waals surface area (Å²) in [4.78, 5) is 20.6. The van der Waals surface area contributed by atoms with Crippen molar-refractivity contribution in [1.82, 2.24) is 10.3 Å². The predicted molar refractivity (Wildman–Crippen MR) is 77.9 cm³/mol. The standard InChI is InChI=1S/C14H15FN4O2/c1-16-14(20)9-6-12(19-21-2)13(17-8-9)18-11-5-3-4-10(15)7-11/h3-8,19H,1-2H3,(H,16,20)(H,17,18). The molecule has 1 amide bonds. The Morgan fingerprint density at radius 3 is 2.81 bits per heavy atom. The number of benzene rings is 1. The number of carbonyl (C=O) groups excluding carboxylic acids is 1. The largest absolute Gasteiger partial charge is 0.355 e. The Morgan fingerprint density at radius 1 is 1.33 bits per heavy atom. The molecule has 0 unspecified atom stereocenters. The van der Waals surface area contributed by atoms with Gasteiger partial charge in [-0.05, 0) is 24.3 Å². The lowest BCUT2D eigenvalue weighted by Crippen LogP contribution is -2.18. The number of nitrogens with one attached hydrogen (secondary N) is 3. The fourth-order valence-electron chi connectivity index (χ4n) is 1.72. The first-order valence-corrected chi connectivity index (χ1v) is 6.17. The molecule has 2 aromatic rings. The maximum absolute atomic E-state index is 13.2. The number of amides is 1. The van der Waals surface area contributed by atoms with Crippen molar-refractivity contribution in [3.05, 3.63) is 47.9 Å². The molecule has 0 aliphatic rings. The maximum atomic E-state index is 13.2. The van der Waals surface area contributed by atoms with Gasteiger partial charge in [-0.2, -0.15) is 0 Å². The molecule has 0 bridgehead atoms. The summed E-state index contributed by atoms with van der Waals surface area (Å²) in [6.45, 7) is 0. The summed E-state index contributed by atoms with van der Waals surface area (Å²) in [5.74, 6) is -0.211. The van der Waals surface area contributed by atoms with Gasteiger partial charge in [0.1, 0.15) is 11.5 Å². The zero-order valence-electron chi connectivity index (χ0n) is 11.6. The van der Waals surface area contributed by atoms with E-state index >= 15 is 0 Å². The van der Waals surface area contributed by atoms with Gasteiger partial charge in [0.15, 0.2) is 5.82 Å².